The van der Waals surface area contributed by atoms with Gasteiger partial charge in [-0.15, -0.1) is 0 Å². The van der Waals surface area contributed by atoms with Crippen molar-refractivity contribution in [3.8, 4) is 11.6 Å². The monoisotopic (exact) mass is 296 g/mol. The van der Waals surface area contributed by atoms with E-state index >= 15 is 0 Å². The topological polar surface area (TPSA) is 48.1 Å². The van der Waals surface area contributed by atoms with Crippen molar-refractivity contribution in [1.82, 2.24) is 4.98 Å². The molecular weight excluding hydrogens is 287 g/mol. The van der Waals surface area contributed by atoms with Gasteiger partial charge in [0, 0.05) is 10.7 Å². The normalized spacial score (nSPS) is 10.3. The predicted octanol–water partition coefficient (Wildman–Crippen LogP) is 3.67. The highest BCUT2D eigenvalue weighted by molar-refractivity contribution is 9.10. The largest absolute Gasteiger partial charge is 0.434 e. The van der Waals surface area contributed by atoms with Gasteiger partial charge in [-0.1, -0.05) is 6.07 Å². The molecule has 0 aliphatic carbocycles. The lowest BCUT2D eigenvalue weighted by Crippen LogP contribution is -1.96. The molecule has 0 aliphatic heterocycles. The fourth-order valence-electron chi connectivity index (χ4n) is 1.34. The van der Waals surface area contributed by atoms with Crippen LogP contribution >= 0.6 is 15.9 Å². The number of anilines is 1. The van der Waals surface area contributed by atoms with Crippen LogP contribution in [-0.4, -0.2) is 4.98 Å². The van der Waals surface area contributed by atoms with Gasteiger partial charge in [0.1, 0.15) is 0 Å². The van der Waals surface area contributed by atoms with Crippen molar-refractivity contribution < 1.29 is 9.13 Å². The lowest BCUT2D eigenvalue weighted by Gasteiger charge is -2.08. The average Bonchev–Trinajstić information content (AvgIpc) is 2.25. The minimum atomic E-state index is -0.542. The number of aryl methyl sites for hydroxylation is 1. The molecule has 17 heavy (non-hydrogen) atoms. The minimum Gasteiger partial charge on any atom is -0.434 e. The third kappa shape index (κ3) is 2.74. The third-order valence-electron chi connectivity index (χ3n) is 2.15. The minimum absolute atomic E-state index is 0.0937. The quantitative estimate of drug-likeness (QED) is 0.860. The summed E-state index contributed by atoms with van der Waals surface area (Å²) in [5, 5.41) is 0. The first-order valence-electron chi connectivity index (χ1n) is 4.91. The van der Waals surface area contributed by atoms with Crippen molar-refractivity contribution in [1.29, 1.82) is 0 Å². The molecule has 2 rings (SSSR count). The average molecular weight is 297 g/mol. The summed E-state index contributed by atoms with van der Waals surface area (Å²) in [6.07, 6.45) is 1.46. The van der Waals surface area contributed by atoms with Crippen LogP contribution in [0.5, 0.6) is 11.6 Å². The standard InChI is InChI=1S/C12H10BrFN2O/c1-7-2-3-11(10(15)4-7)17-12-9(14)5-8(13)6-16-12/h2-6H,15H2,1H3. The van der Waals surface area contributed by atoms with E-state index in [0.717, 1.165) is 5.56 Å². The smallest absolute Gasteiger partial charge is 0.256 e. The molecule has 0 radical (unpaired) electrons. The molecule has 0 unspecified atom stereocenters. The maximum absolute atomic E-state index is 13.5. The van der Waals surface area contributed by atoms with Gasteiger partial charge in [0.2, 0.25) is 0 Å². The third-order valence-corrected chi connectivity index (χ3v) is 2.58. The van der Waals surface area contributed by atoms with Gasteiger partial charge in [-0.3, -0.25) is 0 Å². The summed E-state index contributed by atoms with van der Waals surface area (Å²) in [4.78, 5) is 3.84. The van der Waals surface area contributed by atoms with Gasteiger partial charge < -0.3 is 10.5 Å². The number of aromatic nitrogens is 1. The first-order chi connectivity index (χ1) is 8.06. The van der Waals surface area contributed by atoms with Crippen molar-refractivity contribution in [3.05, 3.63) is 46.3 Å². The van der Waals surface area contributed by atoms with E-state index in [4.69, 9.17) is 10.5 Å². The van der Waals surface area contributed by atoms with Crippen LogP contribution in [0.25, 0.3) is 0 Å². The summed E-state index contributed by atoms with van der Waals surface area (Å²) in [5.74, 6) is -0.243. The Bertz CT molecular complexity index is 511. The van der Waals surface area contributed by atoms with Crippen LogP contribution in [0.15, 0.2) is 34.9 Å². The summed E-state index contributed by atoms with van der Waals surface area (Å²) in [5.41, 5.74) is 7.23. The van der Waals surface area contributed by atoms with E-state index < -0.39 is 5.82 Å². The number of pyridine rings is 1. The molecule has 0 fully saturated rings. The Morgan fingerprint density at radius 2 is 2.12 bits per heavy atom. The highest BCUT2D eigenvalue weighted by Gasteiger charge is 2.09. The predicted molar refractivity (Wildman–Crippen MR) is 67.6 cm³/mol. The maximum atomic E-state index is 13.5. The van der Waals surface area contributed by atoms with Gasteiger partial charge in [-0.2, -0.15) is 0 Å². The summed E-state index contributed by atoms with van der Waals surface area (Å²) in [6.45, 7) is 1.92. The SMILES string of the molecule is Cc1ccc(Oc2ncc(Br)cc2F)c(N)c1. The number of rotatable bonds is 2. The van der Waals surface area contributed by atoms with Crippen molar-refractivity contribution in [2.75, 3.05) is 5.73 Å². The molecule has 0 amide bonds. The van der Waals surface area contributed by atoms with E-state index in [9.17, 15) is 4.39 Å². The molecule has 2 N–H and O–H groups in total. The Hall–Kier alpha value is -1.62. The molecule has 1 aromatic carbocycles. The first kappa shape index (κ1) is 11.9. The number of halogens is 2. The van der Waals surface area contributed by atoms with E-state index in [1.54, 1.807) is 12.1 Å². The molecule has 0 saturated heterocycles. The van der Waals surface area contributed by atoms with Crippen LogP contribution in [0, 0.1) is 12.7 Å². The van der Waals surface area contributed by atoms with Gasteiger partial charge in [0.25, 0.3) is 5.88 Å². The number of nitrogen functional groups attached to an aromatic ring is 1. The zero-order valence-corrected chi connectivity index (χ0v) is 10.7. The maximum Gasteiger partial charge on any atom is 0.256 e. The van der Waals surface area contributed by atoms with Gasteiger partial charge in [-0.25, -0.2) is 9.37 Å². The second-order valence-electron chi connectivity index (χ2n) is 3.58. The molecule has 0 bridgehead atoms. The van der Waals surface area contributed by atoms with Crippen LogP contribution in [0.4, 0.5) is 10.1 Å². The van der Waals surface area contributed by atoms with Crippen LogP contribution in [0.1, 0.15) is 5.56 Å². The highest BCUT2D eigenvalue weighted by Crippen LogP contribution is 2.29. The molecular formula is C12H10BrFN2O. The molecule has 0 atom stereocenters. The molecule has 3 nitrogen and oxygen atoms in total. The Balaban J connectivity index is 2.31. The molecule has 0 saturated carbocycles. The number of benzene rings is 1. The Kier molecular flexibility index (Phi) is 3.28. The summed E-state index contributed by atoms with van der Waals surface area (Å²) in [7, 11) is 0. The van der Waals surface area contributed by atoms with Crippen molar-refractivity contribution in [2.45, 2.75) is 6.92 Å². The Labute approximate surface area is 107 Å². The number of ether oxygens (including phenoxy) is 1. The Morgan fingerprint density at radius 3 is 2.76 bits per heavy atom. The van der Waals surface area contributed by atoms with E-state index in [0.29, 0.717) is 15.9 Å². The van der Waals surface area contributed by atoms with Gasteiger partial charge in [-0.05, 0) is 46.6 Å². The van der Waals surface area contributed by atoms with Gasteiger partial charge in [0.15, 0.2) is 11.6 Å². The molecule has 1 heterocycles. The van der Waals surface area contributed by atoms with Crippen LogP contribution < -0.4 is 10.5 Å². The molecule has 1 aromatic heterocycles. The van der Waals surface area contributed by atoms with E-state index in [1.807, 2.05) is 13.0 Å². The first-order valence-corrected chi connectivity index (χ1v) is 5.70. The molecule has 2 aromatic rings. The van der Waals surface area contributed by atoms with E-state index in [-0.39, 0.29) is 5.88 Å². The van der Waals surface area contributed by atoms with Crippen LogP contribution in [0.3, 0.4) is 0 Å². The van der Waals surface area contributed by atoms with Crippen LogP contribution in [-0.2, 0) is 0 Å². The number of nitrogens with zero attached hydrogens (tertiary/aromatic N) is 1. The van der Waals surface area contributed by atoms with Crippen molar-refractivity contribution in [2.24, 2.45) is 0 Å². The highest BCUT2D eigenvalue weighted by atomic mass is 79.9. The summed E-state index contributed by atoms with van der Waals surface area (Å²) >= 11 is 3.12. The molecule has 0 aliphatic rings. The van der Waals surface area contributed by atoms with Crippen LogP contribution in [0.2, 0.25) is 0 Å². The van der Waals surface area contributed by atoms with Gasteiger partial charge >= 0.3 is 0 Å². The van der Waals surface area contributed by atoms with E-state index in [2.05, 4.69) is 20.9 Å². The molecule has 88 valence electrons. The second kappa shape index (κ2) is 4.71. The summed E-state index contributed by atoms with van der Waals surface area (Å²) < 4.78 is 19.4. The number of nitrogens with two attached hydrogens (primary N) is 1. The van der Waals surface area contributed by atoms with Crippen molar-refractivity contribution in [3.63, 3.8) is 0 Å². The molecule has 5 heteroatoms. The number of hydrogen-bond acceptors (Lipinski definition) is 3. The zero-order valence-electron chi connectivity index (χ0n) is 9.08. The number of hydrogen-bond donors (Lipinski definition) is 1. The fraction of sp³-hybridized carbons (Fsp3) is 0.0833. The van der Waals surface area contributed by atoms with Gasteiger partial charge in [0.05, 0.1) is 5.69 Å². The summed E-state index contributed by atoms with van der Waals surface area (Å²) in [6, 6.07) is 6.56. The lowest BCUT2D eigenvalue weighted by atomic mass is 10.2. The Morgan fingerprint density at radius 1 is 1.35 bits per heavy atom. The second-order valence-corrected chi connectivity index (χ2v) is 4.50. The molecule has 0 spiro atoms. The fourth-order valence-corrected chi connectivity index (χ4v) is 1.65. The van der Waals surface area contributed by atoms with E-state index in [1.165, 1.54) is 12.3 Å². The zero-order chi connectivity index (χ0) is 12.4. The van der Waals surface area contributed by atoms with Crippen molar-refractivity contribution >= 4 is 21.6 Å². The lowest BCUT2D eigenvalue weighted by molar-refractivity contribution is 0.424.